The third-order valence-corrected chi connectivity index (χ3v) is 6.18. The van der Waals surface area contributed by atoms with Gasteiger partial charge in [-0.25, -0.2) is 0 Å². The summed E-state index contributed by atoms with van der Waals surface area (Å²) in [5, 5.41) is 18.1. The predicted molar refractivity (Wildman–Crippen MR) is 156 cm³/mol. The number of hydrogen-bond donors (Lipinski definition) is 2. The van der Waals surface area contributed by atoms with Crippen LogP contribution in [0, 0.1) is 22.7 Å². The van der Waals surface area contributed by atoms with Crippen LogP contribution in [0.4, 0.5) is 0 Å². The van der Waals surface area contributed by atoms with E-state index in [1.165, 1.54) is 11.1 Å². The van der Waals surface area contributed by atoms with E-state index in [9.17, 15) is 0 Å². The molecule has 0 unspecified atom stereocenters. The van der Waals surface area contributed by atoms with Crippen LogP contribution in [0.1, 0.15) is 36.1 Å². The average Bonchev–Trinajstić information content (AvgIpc) is 3.01. The number of benzene rings is 4. The number of nitriles is 2. The third-order valence-electron chi connectivity index (χ3n) is 6.18. The second-order valence-electron chi connectivity index (χ2n) is 8.71. The number of ether oxygens (including phenoxy) is 2. The Morgan fingerprint density at radius 3 is 1.28 bits per heavy atom. The van der Waals surface area contributed by atoms with E-state index >= 15 is 0 Å². The summed E-state index contributed by atoms with van der Waals surface area (Å²) in [6.07, 6.45) is 1.73. The van der Waals surface area contributed by atoms with E-state index in [-0.39, 0.29) is 6.79 Å². The van der Waals surface area contributed by atoms with Gasteiger partial charge in [0, 0.05) is 13.1 Å². The summed E-state index contributed by atoms with van der Waals surface area (Å²) >= 11 is 0. The molecule has 0 aliphatic heterocycles. The van der Waals surface area contributed by atoms with Gasteiger partial charge in [-0.2, -0.15) is 10.5 Å². The number of nitrogens with zero attached hydrogens (tertiary/aromatic N) is 2. The van der Waals surface area contributed by atoms with Gasteiger partial charge in [0.05, 0.1) is 23.3 Å². The molecule has 6 nitrogen and oxygen atoms in total. The van der Waals surface area contributed by atoms with E-state index in [1.807, 2.05) is 72.8 Å². The first-order valence-electron chi connectivity index (χ1n) is 13.0. The number of aryl methyl sites for hydroxylation is 2. The van der Waals surface area contributed by atoms with Crippen LogP contribution < -0.4 is 20.9 Å². The van der Waals surface area contributed by atoms with Crippen molar-refractivity contribution in [2.45, 2.75) is 26.7 Å². The Bertz CT molecular complexity index is 1320. The first kappa shape index (κ1) is 28.9. The third kappa shape index (κ3) is 7.93. The summed E-state index contributed by atoms with van der Waals surface area (Å²) in [6.45, 7) is 5.54. The van der Waals surface area contributed by atoms with Crippen molar-refractivity contribution in [1.82, 2.24) is 0 Å². The molecule has 0 aliphatic rings. The van der Waals surface area contributed by atoms with E-state index in [0.29, 0.717) is 24.2 Å². The Morgan fingerprint density at radius 1 is 0.590 bits per heavy atom. The Kier molecular flexibility index (Phi) is 11.1. The minimum atomic E-state index is 0.110. The predicted octanol–water partition coefficient (Wildman–Crippen LogP) is 6.21. The Balaban J connectivity index is 0.000000983. The number of hydrogen-bond acceptors (Lipinski definition) is 6. The maximum Gasteiger partial charge on any atom is 0.230 e. The van der Waals surface area contributed by atoms with Crippen molar-refractivity contribution >= 4 is 0 Å². The van der Waals surface area contributed by atoms with Gasteiger partial charge in [0.15, 0.2) is 0 Å². The van der Waals surface area contributed by atoms with E-state index in [0.717, 1.165) is 46.6 Å². The molecule has 6 heteroatoms. The van der Waals surface area contributed by atoms with Gasteiger partial charge in [0.25, 0.3) is 0 Å². The van der Waals surface area contributed by atoms with Gasteiger partial charge in [-0.15, -0.1) is 0 Å². The molecule has 0 spiro atoms. The maximum absolute atomic E-state index is 9.03. The van der Waals surface area contributed by atoms with Crippen molar-refractivity contribution in [3.63, 3.8) is 0 Å². The van der Waals surface area contributed by atoms with E-state index < -0.39 is 0 Å². The highest BCUT2D eigenvalue weighted by Gasteiger charge is 2.09. The summed E-state index contributed by atoms with van der Waals surface area (Å²) in [6, 6.07) is 31.7. The van der Waals surface area contributed by atoms with Crippen molar-refractivity contribution in [2.24, 2.45) is 11.5 Å². The van der Waals surface area contributed by atoms with Crippen LogP contribution in [-0.4, -0.2) is 19.9 Å². The van der Waals surface area contributed by atoms with Crippen LogP contribution in [0.15, 0.2) is 84.9 Å². The lowest BCUT2D eigenvalue weighted by Gasteiger charge is -2.14. The molecule has 4 aromatic rings. The van der Waals surface area contributed by atoms with Gasteiger partial charge in [-0.1, -0.05) is 50.2 Å². The zero-order valence-corrected chi connectivity index (χ0v) is 22.5. The van der Waals surface area contributed by atoms with Crippen LogP contribution in [0.3, 0.4) is 0 Å². The normalized spacial score (nSPS) is 10.0. The van der Waals surface area contributed by atoms with Crippen LogP contribution in [0.2, 0.25) is 0 Å². The topological polar surface area (TPSA) is 118 Å². The average molecular weight is 519 g/mol. The van der Waals surface area contributed by atoms with Gasteiger partial charge < -0.3 is 20.9 Å². The number of rotatable bonds is 9. The zero-order valence-electron chi connectivity index (χ0n) is 22.5. The molecule has 4 N–H and O–H groups in total. The van der Waals surface area contributed by atoms with Crippen LogP contribution in [-0.2, 0) is 12.8 Å². The SMILES string of the molecule is CCc1cc(OCOc2ccc(-c3ccc(C#N)cc3)c(CC)c2)ccc1-c1ccc(C#N)cc1.NCCN. The highest BCUT2D eigenvalue weighted by molar-refractivity contribution is 5.70. The summed E-state index contributed by atoms with van der Waals surface area (Å²) in [4.78, 5) is 0. The quantitative estimate of drug-likeness (QED) is 0.254. The Labute approximate surface area is 231 Å². The first-order valence-corrected chi connectivity index (χ1v) is 13.0. The van der Waals surface area contributed by atoms with Crippen LogP contribution >= 0.6 is 0 Å². The molecule has 4 rings (SSSR count). The maximum atomic E-state index is 9.03. The van der Waals surface area contributed by atoms with Crippen molar-refractivity contribution in [3.05, 3.63) is 107 Å². The van der Waals surface area contributed by atoms with E-state index in [1.54, 1.807) is 0 Å². The molecule has 0 atom stereocenters. The molecule has 0 radical (unpaired) electrons. The molecule has 0 saturated heterocycles. The molecular formula is C33H34N4O2. The molecule has 0 saturated carbocycles. The fraction of sp³-hybridized carbons (Fsp3) is 0.212. The molecule has 0 aliphatic carbocycles. The van der Waals surface area contributed by atoms with Gasteiger partial charge in [0.2, 0.25) is 6.79 Å². The fourth-order valence-corrected chi connectivity index (χ4v) is 4.08. The van der Waals surface area contributed by atoms with Gasteiger partial charge in [0.1, 0.15) is 11.5 Å². The lowest BCUT2D eigenvalue weighted by molar-refractivity contribution is 0.119. The largest absolute Gasteiger partial charge is 0.457 e. The summed E-state index contributed by atoms with van der Waals surface area (Å²) in [5.74, 6) is 1.51. The van der Waals surface area contributed by atoms with Crippen LogP contribution in [0.5, 0.6) is 11.5 Å². The highest BCUT2D eigenvalue weighted by atomic mass is 16.7. The van der Waals surface area contributed by atoms with Crippen molar-refractivity contribution < 1.29 is 9.47 Å². The van der Waals surface area contributed by atoms with Gasteiger partial charge >= 0.3 is 0 Å². The minimum absolute atomic E-state index is 0.110. The molecule has 198 valence electrons. The molecule has 0 bridgehead atoms. The highest BCUT2D eigenvalue weighted by Crippen LogP contribution is 2.30. The molecule has 4 aromatic carbocycles. The summed E-state index contributed by atoms with van der Waals surface area (Å²) < 4.78 is 11.8. The number of nitrogens with two attached hydrogens (primary N) is 2. The molecule has 0 fully saturated rings. The van der Waals surface area contributed by atoms with Crippen molar-refractivity contribution in [3.8, 4) is 45.9 Å². The monoisotopic (exact) mass is 518 g/mol. The van der Waals surface area contributed by atoms with Crippen molar-refractivity contribution in [2.75, 3.05) is 19.9 Å². The van der Waals surface area contributed by atoms with Gasteiger partial charge in [-0.3, -0.25) is 0 Å². The first-order chi connectivity index (χ1) is 19.1. The second-order valence-corrected chi connectivity index (χ2v) is 8.71. The fourth-order valence-electron chi connectivity index (χ4n) is 4.08. The Hall–Kier alpha value is -4.62. The second kappa shape index (κ2) is 15.0. The molecule has 0 heterocycles. The minimum Gasteiger partial charge on any atom is -0.457 e. The zero-order chi connectivity index (χ0) is 28.0. The van der Waals surface area contributed by atoms with Crippen molar-refractivity contribution in [1.29, 1.82) is 10.5 Å². The molecule has 39 heavy (non-hydrogen) atoms. The molecule has 0 aromatic heterocycles. The van der Waals surface area contributed by atoms with E-state index in [4.69, 9.17) is 31.5 Å². The lowest BCUT2D eigenvalue weighted by Crippen LogP contribution is -2.11. The Morgan fingerprint density at radius 2 is 0.974 bits per heavy atom. The van der Waals surface area contributed by atoms with Crippen LogP contribution in [0.25, 0.3) is 22.3 Å². The summed E-state index contributed by atoms with van der Waals surface area (Å²) in [7, 11) is 0. The molecular weight excluding hydrogens is 484 g/mol. The van der Waals surface area contributed by atoms with Gasteiger partial charge in [-0.05, 0) is 94.8 Å². The lowest BCUT2D eigenvalue weighted by atomic mass is 9.97. The summed E-state index contributed by atoms with van der Waals surface area (Å²) in [5.41, 5.74) is 17.9. The standard InChI is InChI=1S/C31H26N2O2.C2H8N2/c1-3-24-17-28(13-15-30(24)26-9-5-22(19-32)6-10-26)34-21-35-29-14-16-31(25(4-2)18-29)27-11-7-23(20-33)8-12-27;3-1-2-4/h5-18H,3-4,21H2,1-2H3;1-4H2. The smallest absolute Gasteiger partial charge is 0.230 e. The van der Waals surface area contributed by atoms with E-state index in [2.05, 4.69) is 38.1 Å². The molecule has 0 amide bonds.